The smallest absolute Gasteiger partial charge is 0.0755 e. The fourth-order valence-corrected chi connectivity index (χ4v) is 2.55. The first kappa shape index (κ1) is 12.3. The van der Waals surface area contributed by atoms with Crippen LogP contribution in [0.2, 0.25) is 5.02 Å². The van der Waals surface area contributed by atoms with Crippen LogP contribution in [0.1, 0.15) is 0 Å². The fourth-order valence-electron chi connectivity index (χ4n) is 1.31. The van der Waals surface area contributed by atoms with Gasteiger partial charge in [-0.2, -0.15) is 4.99 Å². The maximum atomic E-state index is 6.17. The highest BCUT2D eigenvalue weighted by Gasteiger charge is 2.03. The molecule has 0 N–H and O–H groups in total. The van der Waals surface area contributed by atoms with Crippen molar-refractivity contribution in [3.8, 4) is 0 Å². The predicted molar refractivity (Wildman–Crippen MR) is 76.7 cm³/mol. The summed E-state index contributed by atoms with van der Waals surface area (Å²) in [6, 6.07) is 15.7. The van der Waals surface area contributed by atoms with E-state index >= 15 is 0 Å². The Hall–Kier alpha value is -1.12. The van der Waals surface area contributed by atoms with Gasteiger partial charge in [-0.25, -0.2) is 0 Å². The second-order valence-corrected chi connectivity index (χ2v) is 4.94. The highest BCUT2D eigenvalue weighted by Crippen LogP contribution is 2.35. The molecule has 2 aromatic rings. The maximum absolute atomic E-state index is 6.17. The zero-order valence-corrected chi connectivity index (χ0v) is 11.1. The van der Waals surface area contributed by atoms with Gasteiger partial charge in [-0.3, -0.25) is 0 Å². The van der Waals surface area contributed by atoms with Crippen molar-refractivity contribution < 1.29 is 0 Å². The lowest BCUT2D eigenvalue weighted by molar-refractivity contribution is 1.39. The van der Waals surface area contributed by atoms with Crippen molar-refractivity contribution in [3.63, 3.8) is 0 Å². The van der Waals surface area contributed by atoms with Gasteiger partial charge >= 0.3 is 0 Å². The minimum absolute atomic E-state index is 0.672. The van der Waals surface area contributed by atoms with Crippen LogP contribution in [0.3, 0.4) is 0 Å². The molecular formula is C13H8ClNS2. The summed E-state index contributed by atoms with van der Waals surface area (Å²) in [4.78, 5) is 6.04. The molecular weight excluding hydrogens is 270 g/mol. The first-order valence-corrected chi connectivity index (χ1v) is 6.50. The summed E-state index contributed by atoms with van der Waals surface area (Å²) in [7, 11) is 0. The monoisotopic (exact) mass is 277 g/mol. The summed E-state index contributed by atoms with van der Waals surface area (Å²) in [6.45, 7) is 0. The minimum Gasteiger partial charge on any atom is -0.195 e. The van der Waals surface area contributed by atoms with E-state index in [2.05, 4.69) is 22.4 Å². The van der Waals surface area contributed by atoms with Gasteiger partial charge in [0, 0.05) is 9.79 Å². The van der Waals surface area contributed by atoms with E-state index in [4.69, 9.17) is 11.6 Å². The number of thiocarbonyl (C=S) groups is 1. The third-order valence-corrected chi connectivity index (χ3v) is 3.66. The predicted octanol–water partition coefficient (Wildman–Crippen LogP) is 5.23. The first-order chi connectivity index (χ1) is 8.29. The molecule has 0 bridgehead atoms. The van der Waals surface area contributed by atoms with Gasteiger partial charge in [0.15, 0.2) is 0 Å². The lowest BCUT2D eigenvalue weighted by atomic mass is 10.3. The third kappa shape index (κ3) is 3.42. The van der Waals surface area contributed by atoms with Gasteiger partial charge in [-0.1, -0.05) is 41.6 Å². The average molecular weight is 278 g/mol. The van der Waals surface area contributed by atoms with E-state index in [1.165, 1.54) is 0 Å². The highest BCUT2D eigenvalue weighted by molar-refractivity contribution is 7.99. The third-order valence-electron chi connectivity index (χ3n) is 2.06. The molecule has 17 heavy (non-hydrogen) atoms. The molecule has 0 aliphatic heterocycles. The molecule has 0 saturated heterocycles. The largest absolute Gasteiger partial charge is 0.195 e. The molecule has 0 saturated carbocycles. The van der Waals surface area contributed by atoms with Crippen LogP contribution < -0.4 is 0 Å². The number of rotatable bonds is 3. The number of nitrogens with zero attached hydrogens (tertiary/aromatic N) is 1. The van der Waals surface area contributed by atoms with Crippen LogP contribution in [0.25, 0.3) is 0 Å². The summed E-state index contributed by atoms with van der Waals surface area (Å²) >= 11 is 12.3. The number of isothiocyanates is 1. The van der Waals surface area contributed by atoms with Gasteiger partial charge in [-0.05, 0) is 42.5 Å². The van der Waals surface area contributed by atoms with Crippen LogP contribution in [0.15, 0.2) is 63.3 Å². The number of hydrogen-bond donors (Lipinski definition) is 0. The standard InChI is InChI=1S/C13H8ClNS2/c14-12-8-10(15-9-16)6-7-13(12)17-11-4-2-1-3-5-11/h1-8H. The van der Waals surface area contributed by atoms with Crippen molar-refractivity contribution in [2.45, 2.75) is 9.79 Å². The molecule has 0 heterocycles. The zero-order valence-electron chi connectivity index (χ0n) is 8.76. The van der Waals surface area contributed by atoms with E-state index in [0.717, 1.165) is 15.5 Å². The van der Waals surface area contributed by atoms with Crippen molar-refractivity contribution in [1.82, 2.24) is 0 Å². The van der Waals surface area contributed by atoms with Crippen molar-refractivity contribution >= 4 is 46.4 Å². The topological polar surface area (TPSA) is 12.4 Å². The maximum Gasteiger partial charge on any atom is 0.0755 e. The molecule has 84 valence electrons. The van der Waals surface area contributed by atoms with Crippen LogP contribution >= 0.6 is 35.6 Å². The van der Waals surface area contributed by atoms with Gasteiger partial charge in [-0.15, -0.1) is 0 Å². The number of aliphatic imine (C=N–C) groups is 1. The van der Waals surface area contributed by atoms with E-state index in [-0.39, 0.29) is 0 Å². The molecule has 2 rings (SSSR count). The Kier molecular flexibility index (Phi) is 4.35. The second-order valence-electron chi connectivity index (χ2n) is 3.23. The summed E-state index contributed by atoms with van der Waals surface area (Å²) < 4.78 is 0. The van der Waals surface area contributed by atoms with Crippen LogP contribution in [0.5, 0.6) is 0 Å². The molecule has 0 amide bonds. The molecule has 0 aliphatic carbocycles. The highest BCUT2D eigenvalue weighted by atomic mass is 35.5. The normalized spacial score (nSPS) is 9.71. The summed E-state index contributed by atoms with van der Waals surface area (Å²) in [5, 5.41) is 2.99. The van der Waals surface area contributed by atoms with Crippen molar-refractivity contribution in [1.29, 1.82) is 0 Å². The summed E-state index contributed by atoms with van der Waals surface area (Å²) in [5.74, 6) is 0. The Morgan fingerprint density at radius 1 is 1.12 bits per heavy atom. The lowest BCUT2D eigenvalue weighted by Gasteiger charge is -2.04. The lowest BCUT2D eigenvalue weighted by Crippen LogP contribution is -1.75. The molecule has 0 radical (unpaired) electrons. The van der Waals surface area contributed by atoms with Crippen LogP contribution in [0, 0.1) is 0 Å². The number of halogens is 1. The molecule has 1 nitrogen and oxygen atoms in total. The summed E-state index contributed by atoms with van der Waals surface area (Å²) in [6.07, 6.45) is 0. The Labute approximate surface area is 115 Å². The van der Waals surface area contributed by atoms with Crippen molar-refractivity contribution in [2.75, 3.05) is 0 Å². The Morgan fingerprint density at radius 3 is 2.53 bits per heavy atom. The van der Waals surface area contributed by atoms with Gasteiger partial charge in [0.05, 0.1) is 15.9 Å². The Morgan fingerprint density at radius 2 is 1.88 bits per heavy atom. The first-order valence-electron chi connectivity index (χ1n) is 4.90. The Bertz CT molecular complexity index is 563. The number of hydrogen-bond acceptors (Lipinski definition) is 3. The minimum atomic E-state index is 0.672. The molecule has 2 aromatic carbocycles. The van der Waals surface area contributed by atoms with Gasteiger partial charge in [0.1, 0.15) is 0 Å². The molecule has 0 aromatic heterocycles. The number of benzene rings is 2. The zero-order chi connectivity index (χ0) is 12.1. The Balaban J connectivity index is 2.25. The van der Waals surface area contributed by atoms with Gasteiger partial charge in [0.2, 0.25) is 0 Å². The van der Waals surface area contributed by atoms with Crippen LogP contribution in [-0.4, -0.2) is 5.16 Å². The molecule has 0 atom stereocenters. The van der Waals surface area contributed by atoms with Crippen LogP contribution in [0.4, 0.5) is 5.69 Å². The second kappa shape index (κ2) is 5.99. The fraction of sp³-hybridized carbons (Fsp3) is 0. The van der Waals surface area contributed by atoms with E-state index < -0.39 is 0 Å². The quantitative estimate of drug-likeness (QED) is 0.563. The van der Waals surface area contributed by atoms with Crippen molar-refractivity contribution in [3.05, 3.63) is 53.6 Å². The molecule has 0 aliphatic rings. The summed E-state index contributed by atoms with van der Waals surface area (Å²) in [5.41, 5.74) is 0.724. The van der Waals surface area contributed by atoms with E-state index in [0.29, 0.717) is 5.02 Å². The van der Waals surface area contributed by atoms with Gasteiger partial charge < -0.3 is 0 Å². The average Bonchev–Trinajstić information content (AvgIpc) is 2.34. The van der Waals surface area contributed by atoms with Crippen molar-refractivity contribution in [2.24, 2.45) is 4.99 Å². The molecule has 0 spiro atoms. The molecule has 4 heteroatoms. The van der Waals surface area contributed by atoms with E-state index in [1.807, 2.05) is 42.5 Å². The SMILES string of the molecule is S=C=Nc1ccc(Sc2ccccc2)c(Cl)c1. The van der Waals surface area contributed by atoms with Crippen LogP contribution in [-0.2, 0) is 0 Å². The molecule has 0 fully saturated rings. The van der Waals surface area contributed by atoms with E-state index in [1.54, 1.807) is 17.8 Å². The van der Waals surface area contributed by atoms with E-state index in [9.17, 15) is 0 Å². The van der Waals surface area contributed by atoms with Gasteiger partial charge in [0.25, 0.3) is 0 Å². The molecule has 0 unspecified atom stereocenters.